The molecule has 6 heteroatoms. The molecule has 0 spiro atoms. The van der Waals surface area contributed by atoms with Crippen LogP contribution in [0.4, 0.5) is 5.82 Å². The number of rotatable bonds is 4. The first-order chi connectivity index (χ1) is 7.75. The van der Waals surface area contributed by atoms with Gasteiger partial charge in [0.25, 0.3) is 0 Å². The van der Waals surface area contributed by atoms with Crippen LogP contribution in [0.25, 0.3) is 0 Å². The summed E-state index contributed by atoms with van der Waals surface area (Å²) in [5, 5.41) is 3.25. The van der Waals surface area contributed by atoms with Gasteiger partial charge in [-0.15, -0.1) is 0 Å². The van der Waals surface area contributed by atoms with Crippen LogP contribution in [0.3, 0.4) is 0 Å². The number of anilines is 1. The molecule has 2 rings (SSSR count). The zero-order chi connectivity index (χ0) is 11.4. The van der Waals surface area contributed by atoms with Crippen molar-refractivity contribution >= 4 is 37.7 Å². The lowest BCUT2D eigenvalue weighted by Crippen LogP contribution is -2.10. The highest BCUT2D eigenvalue weighted by molar-refractivity contribution is 9.11. The zero-order valence-electron chi connectivity index (χ0n) is 8.40. The topological polar surface area (TPSA) is 42.7 Å². The van der Waals surface area contributed by atoms with Crippen LogP contribution in [0.15, 0.2) is 39.9 Å². The Morgan fingerprint density at radius 2 is 2.25 bits per heavy atom. The summed E-state index contributed by atoms with van der Waals surface area (Å²) in [5.41, 5.74) is 0. The number of hydrogen-bond donors (Lipinski definition) is 1. The Kier molecular flexibility index (Phi) is 3.95. The van der Waals surface area contributed by atoms with Crippen LogP contribution >= 0.6 is 31.9 Å². The summed E-state index contributed by atoms with van der Waals surface area (Å²) in [7, 11) is 0. The van der Waals surface area contributed by atoms with E-state index in [0.29, 0.717) is 0 Å². The molecule has 2 aromatic heterocycles. The number of halogens is 2. The van der Waals surface area contributed by atoms with Crippen molar-refractivity contribution in [2.24, 2.45) is 0 Å². The lowest BCUT2D eigenvalue weighted by atomic mass is 10.4. The van der Waals surface area contributed by atoms with E-state index in [2.05, 4.69) is 47.1 Å². The maximum absolute atomic E-state index is 4.27. The van der Waals surface area contributed by atoms with Gasteiger partial charge in [-0.2, -0.15) is 0 Å². The fourth-order valence-corrected chi connectivity index (χ4v) is 2.39. The monoisotopic (exact) mass is 344 g/mol. The fourth-order valence-electron chi connectivity index (χ4n) is 1.27. The largest absolute Gasteiger partial charge is 0.367 e. The Balaban J connectivity index is 1.90. The first-order valence-corrected chi connectivity index (χ1v) is 6.35. The lowest BCUT2D eigenvalue weighted by Gasteiger charge is -2.07. The minimum Gasteiger partial charge on any atom is -0.367 e. The van der Waals surface area contributed by atoms with Crippen molar-refractivity contribution in [1.82, 2.24) is 14.5 Å². The third-order valence-electron chi connectivity index (χ3n) is 2.03. The van der Waals surface area contributed by atoms with Gasteiger partial charge in [-0.1, -0.05) is 0 Å². The van der Waals surface area contributed by atoms with E-state index in [1.165, 1.54) is 0 Å². The van der Waals surface area contributed by atoms with Crippen LogP contribution in [0.2, 0.25) is 0 Å². The van der Waals surface area contributed by atoms with Crippen molar-refractivity contribution in [3.8, 4) is 0 Å². The minimum absolute atomic E-state index is 0.809. The predicted octanol–water partition coefficient (Wildman–Crippen LogP) is 2.92. The Labute approximate surface area is 110 Å². The molecule has 2 aromatic rings. The van der Waals surface area contributed by atoms with E-state index in [-0.39, 0.29) is 0 Å². The molecule has 1 N–H and O–H groups in total. The summed E-state index contributed by atoms with van der Waals surface area (Å²) >= 11 is 6.82. The van der Waals surface area contributed by atoms with Crippen LogP contribution in [-0.4, -0.2) is 21.1 Å². The average Bonchev–Trinajstić information content (AvgIpc) is 2.74. The number of nitrogens with zero attached hydrogens (tertiary/aromatic N) is 3. The van der Waals surface area contributed by atoms with Crippen LogP contribution in [-0.2, 0) is 6.54 Å². The first-order valence-electron chi connectivity index (χ1n) is 4.76. The Bertz CT molecular complexity index is 456. The Hall–Kier alpha value is -0.880. The van der Waals surface area contributed by atoms with Gasteiger partial charge in [0.1, 0.15) is 5.82 Å². The van der Waals surface area contributed by atoms with E-state index >= 15 is 0 Å². The van der Waals surface area contributed by atoms with Gasteiger partial charge in [-0.3, -0.25) is 0 Å². The van der Waals surface area contributed by atoms with Crippen LogP contribution in [0.5, 0.6) is 0 Å². The summed E-state index contributed by atoms with van der Waals surface area (Å²) < 4.78 is 3.92. The maximum Gasteiger partial charge on any atom is 0.140 e. The molecule has 0 saturated heterocycles. The van der Waals surface area contributed by atoms with Crippen LogP contribution in [0, 0.1) is 0 Å². The third-order valence-corrected chi connectivity index (χ3v) is 3.07. The fraction of sp³-hybridized carbons (Fsp3) is 0.200. The normalized spacial score (nSPS) is 10.4. The highest BCUT2D eigenvalue weighted by atomic mass is 79.9. The molecule has 0 aliphatic rings. The van der Waals surface area contributed by atoms with E-state index in [1.807, 2.05) is 16.8 Å². The van der Waals surface area contributed by atoms with Crippen LogP contribution in [0.1, 0.15) is 0 Å². The summed E-state index contributed by atoms with van der Waals surface area (Å²) in [4.78, 5) is 8.25. The van der Waals surface area contributed by atoms with Gasteiger partial charge in [0, 0.05) is 36.2 Å². The molecule has 0 fully saturated rings. The summed E-state index contributed by atoms with van der Waals surface area (Å²) in [6.45, 7) is 1.67. The number of aromatic nitrogens is 3. The molecule has 2 heterocycles. The van der Waals surface area contributed by atoms with Gasteiger partial charge < -0.3 is 9.88 Å². The van der Waals surface area contributed by atoms with E-state index in [4.69, 9.17) is 0 Å². The van der Waals surface area contributed by atoms with Crippen molar-refractivity contribution in [3.63, 3.8) is 0 Å². The van der Waals surface area contributed by atoms with E-state index in [1.54, 1.807) is 18.7 Å². The molecule has 4 nitrogen and oxygen atoms in total. The van der Waals surface area contributed by atoms with Crippen molar-refractivity contribution in [3.05, 3.63) is 39.9 Å². The van der Waals surface area contributed by atoms with Crippen molar-refractivity contribution in [2.45, 2.75) is 6.54 Å². The number of pyridine rings is 1. The summed E-state index contributed by atoms with van der Waals surface area (Å²) in [6.07, 6.45) is 7.27. The Morgan fingerprint density at radius 3 is 2.94 bits per heavy atom. The maximum atomic E-state index is 4.27. The lowest BCUT2D eigenvalue weighted by molar-refractivity contribution is 0.725. The van der Waals surface area contributed by atoms with Crippen LogP contribution < -0.4 is 5.32 Å². The molecule has 0 aromatic carbocycles. The molecular formula is C10H10Br2N4. The minimum atomic E-state index is 0.809. The van der Waals surface area contributed by atoms with Gasteiger partial charge in [-0.25, -0.2) is 9.97 Å². The van der Waals surface area contributed by atoms with Crippen molar-refractivity contribution in [1.29, 1.82) is 0 Å². The molecule has 0 atom stereocenters. The second-order valence-electron chi connectivity index (χ2n) is 3.21. The smallest absolute Gasteiger partial charge is 0.140 e. The van der Waals surface area contributed by atoms with Crippen molar-refractivity contribution < 1.29 is 0 Å². The molecule has 16 heavy (non-hydrogen) atoms. The molecule has 0 aliphatic carbocycles. The molecule has 0 aliphatic heterocycles. The van der Waals surface area contributed by atoms with Gasteiger partial charge in [0.05, 0.1) is 10.8 Å². The molecule has 0 saturated carbocycles. The van der Waals surface area contributed by atoms with Crippen molar-refractivity contribution in [2.75, 3.05) is 11.9 Å². The predicted molar refractivity (Wildman–Crippen MR) is 70.4 cm³/mol. The standard InChI is InChI=1S/C10H10Br2N4/c11-8-5-9(12)10(15-6-8)14-2-4-16-3-1-13-7-16/h1,3,5-7H,2,4H2,(H,14,15). The molecule has 0 unspecified atom stereocenters. The number of nitrogens with one attached hydrogen (secondary N) is 1. The molecule has 84 valence electrons. The van der Waals surface area contributed by atoms with Gasteiger partial charge >= 0.3 is 0 Å². The third kappa shape index (κ3) is 3.05. The quantitative estimate of drug-likeness (QED) is 0.926. The molecule has 0 amide bonds. The van der Waals surface area contributed by atoms with Gasteiger partial charge in [0.15, 0.2) is 0 Å². The highest BCUT2D eigenvalue weighted by Gasteiger charge is 2.00. The van der Waals surface area contributed by atoms with E-state index < -0.39 is 0 Å². The summed E-state index contributed by atoms with van der Waals surface area (Å²) in [6, 6.07) is 1.96. The second-order valence-corrected chi connectivity index (χ2v) is 4.98. The van der Waals surface area contributed by atoms with Gasteiger partial charge in [0.2, 0.25) is 0 Å². The highest BCUT2D eigenvalue weighted by Crippen LogP contribution is 2.23. The molecule has 0 bridgehead atoms. The zero-order valence-corrected chi connectivity index (χ0v) is 11.6. The average molecular weight is 346 g/mol. The second kappa shape index (κ2) is 5.45. The Morgan fingerprint density at radius 1 is 1.38 bits per heavy atom. The van der Waals surface area contributed by atoms with Gasteiger partial charge in [-0.05, 0) is 37.9 Å². The SMILES string of the molecule is Brc1cnc(NCCn2ccnc2)c(Br)c1. The number of hydrogen-bond acceptors (Lipinski definition) is 3. The number of imidazole rings is 1. The first kappa shape index (κ1) is 11.6. The molecule has 0 radical (unpaired) electrons. The van der Waals surface area contributed by atoms with E-state index in [9.17, 15) is 0 Å². The van der Waals surface area contributed by atoms with E-state index in [0.717, 1.165) is 27.9 Å². The molecular weight excluding hydrogens is 336 g/mol. The summed E-state index contributed by atoms with van der Waals surface area (Å²) in [5.74, 6) is 0.850.